The molecule has 1 N–H and O–H groups in total. The van der Waals surface area contributed by atoms with Crippen molar-refractivity contribution in [3.63, 3.8) is 0 Å². The third kappa shape index (κ3) is 2.70. The molecule has 2 aliphatic heterocycles. The highest BCUT2D eigenvalue weighted by Crippen LogP contribution is 2.39. The highest BCUT2D eigenvalue weighted by Gasteiger charge is 2.44. The third-order valence-corrected chi connectivity index (χ3v) is 5.08. The fraction of sp³-hybridized carbons (Fsp3) is 0.389. The van der Waals surface area contributed by atoms with E-state index >= 15 is 0 Å². The predicted molar refractivity (Wildman–Crippen MR) is 91.2 cm³/mol. The molecule has 3 atom stereocenters. The molecule has 2 bridgehead atoms. The highest BCUT2D eigenvalue weighted by molar-refractivity contribution is 5.93. The van der Waals surface area contributed by atoms with E-state index < -0.39 is 0 Å². The van der Waals surface area contributed by atoms with Crippen molar-refractivity contribution < 1.29 is 9.53 Å². The van der Waals surface area contributed by atoms with Crippen molar-refractivity contribution in [1.82, 2.24) is 19.2 Å². The van der Waals surface area contributed by atoms with Gasteiger partial charge in [0.25, 0.3) is 0 Å². The Balaban J connectivity index is 1.26. The van der Waals surface area contributed by atoms with E-state index in [2.05, 4.69) is 15.4 Å². The van der Waals surface area contributed by atoms with Gasteiger partial charge in [-0.05, 0) is 31.4 Å². The lowest BCUT2D eigenvalue weighted by atomic mass is 9.88. The number of hydrogen-bond acceptors (Lipinski definition) is 4. The van der Waals surface area contributed by atoms with E-state index in [9.17, 15) is 4.79 Å². The molecule has 7 heteroatoms. The Labute approximate surface area is 144 Å². The van der Waals surface area contributed by atoms with Crippen LogP contribution in [0, 0.1) is 5.92 Å². The lowest BCUT2D eigenvalue weighted by molar-refractivity contribution is -0.121. The van der Waals surface area contributed by atoms with Crippen molar-refractivity contribution in [2.75, 3.05) is 5.32 Å². The Morgan fingerprint density at radius 3 is 3.08 bits per heavy atom. The van der Waals surface area contributed by atoms with Crippen LogP contribution in [0.5, 0.6) is 0 Å². The number of carbonyl (C=O) groups excluding carboxylic acids is 1. The number of fused-ring (bicyclic) bond motifs is 3. The van der Waals surface area contributed by atoms with Crippen LogP contribution >= 0.6 is 0 Å². The average Bonchev–Trinajstić information content (AvgIpc) is 3.38. The van der Waals surface area contributed by atoms with Crippen LogP contribution in [0.3, 0.4) is 0 Å². The van der Waals surface area contributed by atoms with E-state index in [4.69, 9.17) is 4.74 Å². The standard InChI is InChI=1S/C18H19N5O2/c24-18(15-7-14-4-5-16(15)25-14)21-12-8-19-23(10-12)11-13-9-22-6-2-1-3-17(22)20-13/h1-3,6,8-10,14-16H,4-5,7,11H2,(H,21,24)/t14-,15+,16-/m1/s1. The summed E-state index contributed by atoms with van der Waals surface area (Å²) in [5, 5.41) is 7.30. The van der Waals surface area contributed by atoms with Gasteiger partial charge in [-0.25, -0.2) is 4.98 Å². The number of ether oxygens (including phenoxy) is 1. The smallest absolute Gasteiger partial charge is 0.230 e. The van der Waals surface area contributed by atoms with Gasteiger partial charge in [-0.1, -0.05) is 6.07 Å². The maximum atomic E-state index is 12.4. The summed E-state index contributed by atoms with van der Waals surface area (Å²) in [6.07, 6.45) is 10.8. The second kappa shape index (κ2) is 5.70. The van der Waals surface area contributed by atoms with Gasteiger partial charge < -0.3 is 14.5 Å². The summed E-state index contributed by atoms with van der Waals surface area (Å²) in [6, 6.07) is 5.90. The number of aromatic nitrogens is 4. The monoisotopic (exact) mass is 337 g/mol. The first-order valence-corrected chi connectivity index (χ1v) is 8.66. The minimum Gasteiger partial charge on any atom is -0.374 e. The Bertz CT molecular complexity index is 897. The van der Waals surface area contributed by atoms with Crippen LogP contribution in [0.2, 0.25) is 0 Å². The number of nitrogens with one attached hydrogen (secondary N) is 1. The summed E-state index contributed by atoms with van der Waals surface area (Å²) in [7, 11) is 0. The van der Waals surface area contributed by atoms with Gasteiger partial charge >= 0.3 is 0 Å². The lowest BCUT2D eigenvalue weighted by Crippen LogP contribution is -2.30. The van der Waals surface area contributed by atoms with Crippen molar-refractivity contribution in [3.05, 3.63) is 48.7 Å². The average molecular weight is 337 g/mol. The second-order valence-corrected chi connectivity index (χ2v) is 6.83. The topological polar surface area (TPSA) is 73.5 Å². The number of pyridine rings is 1. The van der Waals surface area contributed by atoms with E-state index in [1.54, 1.807) is 10.9 Å². The van der Waals surface area contributed by atoms with Gasteiger partial charge in [0.15, 0.2) is 0 Å². The molecule has 0 saturated carbocycles. The summed E-state index contributed by atoms with van der Waals surface area (Å²) in [5.41, 5.74) is 2.56. The summed E-state index contributed by atoms with van der Waals surface area (Å²) in [4.78, 5) is 17.0. The van der Waals surface area contributed by atoms with Crippen molar-refractivity contribution in [1.29, 1.82) is 0 Å². The molecule has 0 unspecified atom stereocenters. The van der Waals surface area contributed by atoms with Crippen LogP contribution in [0.25, 0.3) is 5.65 Å². The van der Waals surface area contributed by atoms with E-state index in [-0.39, 0.29) is 24.0 Å². The van der Waals surface area contributed by atoms with Crippen LogP contribution < -0.4 is 5.32 Å². The quantitative estimate of drug-likeness (QED) is 0.791. The largest absolute Gasteiger partial charge is 0.374 e. The van der Waals surface area contributed by atoms with Crippen molar-refractivity contribution in [2.24, 2.45) is 5.92 Å². The maximum Gasteiger partial charge on any atom is 0.230 e. The van der Waals surface area contributed by atoms with Gasteiger partial charge in [-0.15, -0.1) is 0 Å². The van der Waals surface area contributed by atoms with Gasteiger partial charge in [-0.2, -0.15) is 5.10 Å². The molecule has 0 radical (unpaired) electrons. The molecule has 3 aromatic heterocycles. The first-order valence-electron chi connectivity index (χ1n) is 8.66. The molecule has 5 heterocycles. The maximum absolute atomic E-state index is 12.4. The molecule has 2 saturated heterocycles. The van der Waals surface area contributed by atoms with Crippen LogP contribution in [0.4, 0.5) is 5.69 Å². The third-order valence-electron chi connectivity index (χ3n) is 5.08. The molecule has 25 heavy (non-hydrogen) atoms. The normalized spacial score (nSPS) is 24.9. The zero-order chi connectivity index (χ0) is 16.8. The Morgan fingerprint density at radius 1 is 1.32 bits per heavy atom. The van der Waals surface area contributed by atoms with Crippen molar-refractivity contribution in [3.8, 4) is 0 Å². The fourth-order valence-electron chi connectivity index (χ4n) is 3.89. The van der Waals surface area contributed by atoms with Crippen LogP contribution in [-0.2, 0) is 16.1 Å². The van der Waals surface area contributed by atoms with Crippen molar-refractivity contribution in [2.45, 2.75) is 38.0 Å². The number of imidazole rings is 1. The molecule has 2 aliphatic rings. The predicted octanol–water partition coefficient (Wildman–Crippen LogP) is 2.09. The molecule has 3 aromatic rings. The van der Waals surface area contributed by atoms with Gasteiger partial charge in [0.1, 0.15) is 5.65 Å². The molecule has 2 fully saturated rings. The number of nitrogens with zero attached hydrogens (tertiary/aromatic N) is 4. The summed E-state index contributed by atoms with van der Waals surface area (Å²) < 4.78 is 9.53. The summed E-state index contributed by atoms with van der Waals surface area (Å²) in [5.74, 6) is 0.0139. The van der Waals surface area contributed by atoms with E-state index in [0.717, 1.165) is 36.3 Å². The van der Waals surface area contributed by atoms with Gasteiger partial charge in [0.2, 0.25) is 5.91 Å². The molecule has 0 spiro atoms. The molecular weight excluding hydrogens is 318 g/mol. The molecule has 128 valence electrons. The minimum atomic E-state index is -0.0273. The molecular formula is C18H19N5O2. The van der Waals surface area contributed by atoms with Gasteiger partial charge in [0, 0.05) is 18.6 Å². The molecule has 0 aromatic carbocycles. The first-order chi connectivity index (χ1) is 12.2. The zero-order valence-electron chi connectivity index (χ0n) is 13.7. The van der Waals surface area contributed by atoms with Crippen LogP contribution in [-0.4, -0.2) is 37.3 Å². The summed E-state index contributed by atoms with van der Waals surface area (Å²) in [6.45, 7) is 0.564. The Hall–Kier alpha value is -2.67. The fourth-order valence-corrected chi connectivity index (χ4v) is 3.89. The number of anilines is 1. The van der Waals surface area contributed by atoms with Crippen LogP contribution in [0.15, 0.2) is 43.0 Å². The van der Waals surface area contributed by atoms with Gasteiger partial charge in [0.05, 0.1) is 42.2 Å². The van der Waals surface area contributed by atoms with Crippen molar-refractivity contribution >= 4 is 17.2 Å². The number of hydrogen-bond donors (Lipinski definition) is 1. The van der Waals surface area contributed by atoms with E-state index in [1.165, 1.54) is 0 Å². The second-order valence-electron chi connectivity index (χ2n) is 6.83. The molecule has 7 nitrogen and oxygen atoms in total. The molecule has 5 rings (SSSR count). The number of amides is 1. The Kier molecular flexibility index (Phi) is 3.34. The molecule has 0 aliphatic carbocycles. The minimum absolute atomic E-state index is 0.0273. The van der Waals surface area contributed by atoms with E-state index in [1.807, 2.05) is 41.2 Å². The summed E-state index contributed by atoms with van der Waals surface area (Å²) >= 11 is 0. The SMILES string of the molecule is O=C(Nc1cnn(Cc2cn3ccccc3n2)c1)[C@H]1C[C@H]2CC[C@H]1O2. The highest BCUT2D eigenvalue weighted by atomic mass is 16.5. The zero-order valence-corrected chi connectivity index (χ0v) is 13.7. The Morgan fingerprint density at radius 2 is 2.28 bits per heavy atom. The molecule has 1 amide bonds. The lowest BCUT2D eigenvalue weighted by Gasteiger charge is -2.17. The van der Waals surface area contributed by atoms with Crippen LogP contribution in [0.1, 0.15) is 25.0 Å². The van der Waals surface area contributed by atoms with E-state index in [0.29, 0.717) is 6.54 Å². The van der Waals surface area contributed by atoms with Gasteiger partial charge in [-0.3, -0.25) is 9.48 Å². The first kappa shape index (κ1) is 14.7. The number of rotatable bonds is 4. The number of carbonyl (C=O) groups is 1.